The third kappa shape index (κ3) is 6.53. The number of rotatable bonds is 9. The number of unbranched alkanes of at least 4 members (excludes halogenated alkanes) is 2. The highest BCUT2D eigenvalue weighted by Crippen LogP contribution is 2.23. The molecule has 0 saturated heterocycles. The second kappa shape index (κ2) is 8.44. The fourth-order valence-corrected chi connectivity index (χ4v) is 2.33. The molecule has 0 aliphatic carbocycles. The molecule has 1 atom stereocenters. The fourth-order valence-electron chi connectivity index (χ4n) is 2.33. The minimum absolute atomic E-state index is 0.170. The van der Waals surface area contributed by atoms with Gasteiger partial charge in [-0.1, -0.05) is 46.1 Å². The molecule has 1 unspecified atom stereocenters. The molecule has 4 heteroatoms. The molecule has 1 rings (SSSR count). The Morgan fingerprint density at radius 1 is 1.19 bits per heavy atom. The summed E-state index contributed by atoms with van der Waals surface area (Å²) in [5.74, 6) is -1.82. The van der Waals surface area contributed by atoms with Gasteiger partial charge in [0.05, 0.1) is 6.10 Å². The van der Waals surface area contributed by atoms with E-state index in [1.54, 1.807) is 0 Å². The lowest BCUT2D eigenvalue weighted by Crippen LogP contribution is -2.32. The summed E-state index contributed by atoms with van der Waals surface area (Å²) in [5, 5.41) is 13.2. The van der Waals surface area contributed by atoms with Crippen LogP contribution >= 0.6 is 0 Å². The molecular weight excluding hydrogens is 272 g/mol. The third-order valence-electron chi connectivity index (χ3n) is 3.73. The second-order valence-electron chi connectivity index (χ2n) is 6.44. The van der Waals surface area contributed by atoms with Crippen LogP contribution in [0.2, 0.25) is 0 Å². The van der Waals surface area contributed by atoms with Gasteiger partial charge < -0.3 is 10.4 Å². The van der Waals surface area contributed by atoms with Crippen LogP contribution in [0, 0.1) is 17.0 Å². The van der Waals surface area contributed by atoms with Crippen LogP contribution in [0.3, 0.4) is 0 Å². The Kier molecular flexibility index (Phi) is 7.26. The number of nitrogens with one attached hydrogen (secondary N) is 1. The molecule has 0 bridgehead atoms. The summed E-state index contributed by atoms with van der Waals surface area (Å²) < 4.78 is 26.0. The first-order valence-electron chi connectivity index (χ1n) is 7.69. The van der Waals surface area contributed by atoms with Crippen molar-refractivity contribution in [3.05, 3.63) is 35.4 Å². The monoisotopic (exact) mass is 299 g/mol. The zero-order chi connectivity index (χ0) is 15.9. The molecular formula is C17H27F2NO. The number of halogens is 2. The van der Waals surface area contributed by atoms with Gasteiger partial charge in [0.1, 0.15) is 0 Å². The maximum atomic E-state index is 13.1. The van der Waals surface area contributed by atoms with Crippen molar-refractivity contribution in [2.45, 2.75) is 52.6 Å². The molecule has 0 spiro atoms. The standard InChI is InChI=1S/C17H27F2NO/c1-4-5-6-9-17(2,3)12-20-11-16(21)13-7-8-14(18)15(19)10-13/h7-8,10,16,20-21H,4-6,9,11-12H2,1-3H3. The summed E-state index contributed by atoms with van der Waals surface area (Å²) in [5.41, 5.74) is 0.563. The molecule has 0 saturated carbocycles. The zero-order valence-corrected chi connectivity index (χ0v) is 13.3. The first kappa shape index (κ1) is 18.1. The van der Waals surface area contributed by atoms with Gasteiger partial charge >= 0.3 is 0 Å². The molecule has 0 radical (unpaired) electrons. The molecule has 0 amide bonds. The van der Waals surface area contributed by atoms with Crippen LogP contribution < -0.4 is 5.32 Å². The lowest BCUT2D eigenvalue weighted by atomic mass is 9.87. The van der Waals surface area contributed by atoms with Crippen LogP contribution in [-0.4, -0.2) is 18.2 Å². The normalized spacial score (nSPS) is 13.4. The van der Waals surface area contributed by atoms with E-state index in [2.05, 4.69) is 26.1 Å². The molecule has 0 heterocycles. The smallest absolute Gasteiger partial charge is 0.159 e. The van der Waals surface area contributed by atoms with Gasteiger partial charge in [-0.2, -0.15) is 0 Å². The van der Waals surface area contributed by atoms with Crippen molar-refractivity contribution < 1.29 is 13.9 Å². The van der Waals surface area contributed by atoms with Crippen molar-refractivity contribution in [3.8, 4) is 0 Å². The van der Waals surface area contributed by atoms with Gasteiger partial charge in [0, 0.05) is 13.1 Å². The van der Waals surface area contributed by atoms with E-state index in [-0.39, 0.29) is 5.41 Å². The number of hydrogen-bond donors (Lipinski definition) is 2. The minimum atomic E-state index is -0.925. The molecule has 0 aromatic heterocycles. The maximum absolute atomic E-state index is 13.1. The predicted octanol–water partition coefficient (Wildman–Crippen LogP) is 4.19. The Morgan fingerprint density at radius 2 is 1.90 bits per heavy atom. The summed E-state index contributed by atoms with van der Waals surface area (Å²) in [4.78, 5) is 0. The Balaban J connectivity index is 2.38. The molecule has 21 heavy (non-hydrogen) atoms. The number of hydrogen-bond acceptors (Lipinski definition) is 2. The summed E-state index contributed by atoms with van der Waals surface area (Å²) in [7, 11) is 0. The maximum Gasteiger partial charge on any atom is 0.159 e. The highest BCUT2D eigenvalue weighted by atomic mass is 19.2. The highest BCUT2D eigenvalue weighted by Gasteiger charge is 2.18. The van der Waals surface area contributed by atoms with Crippen LogP contribution in [0.1, 0.15) is 58.1 Å². The van der Waals surface area contributed by atoms with E-state index < -0.39 is 17.7 Å². The first-order chi connectivity index (χ1) is 9.85. The summed E-state index contributed by atoms with van der Waals surface area (Å²) in [6.07, 6.45) is 3.96. The largest absolute Gasteiger partial charge is 0.387 e. The Hall–Kier alpha value is -1.00. The molecule has 0 fully saturated rings. The van der Waals surface area contributed by atoms with E-state index in [4.69, 9.17) is 0 Å². The van der Waals surface area contributed by atoms with E-state index in [1.807, 2.05) is 0 Å². The van der Waals surface area contributed by atoms with Crippen molar-refractivity contribution in [3.63, 3.8) is 0 Å². The molecule has 0 aliphatic rings. The minimum Gasteiger partial charge on any atom is -0.387 e. The molecule has 0 aliphatic heterocycles. The van der Waals surface area contributed by atoms with Crippen LogP contribution in [0.25, 0.3) is 0 Å². The lowest BCUT2D eigenvalue weighted by Gasteiger charge is -2.26. The van der Waals surface area contributed by atoms with Crippen molar-refractivity contribution in [1.29, 1.82) is 0 Å². The van der Waals surface area contributed by atoms with Crippen molar-refractivity contribution in [2.75, 3.05) is 13.1 Å². The first-order valence-corrected chi connectivity index (χ1v) is 7.69. The lowest BCUT2D eigenvalue weighted by molar-refractivity contribution is 0.166. The number of aliphatic hydroxyl groups is 1. The van der Waals surface area contributed by atoms with Gasteiger partial charge in [-0.25, -0.2) is 8.78 Å². The van der Waals surface area contributed by atoms with Crippen molar-refractivity contribution >= 4 is 0 Å². The van der Waals surface area contributed by atoms with Crippen LogP contribution in [0.4, 0.5) is 8.78 Å². The van der Waals surface area contributed by atoms with Gasteiger partial charge in [0.2, 0.25) is 0 Å². The Morgan fingerprint density at radius 3 is 2.52 bits per heavy atom. The van der Waals surface area contributed by atoms with Crippen LogP contribution in [0.15, 0.2) is 18.2 Å². The molecule has 120 valence electrons. The topological polar surface area (TPSA) is 32.3 Å². The Labute approximate surface area is 126 Å². The van der Waals surface area contributed by atoms with Crippen LogP contribution in [0.5, 0.6) is 0 Å². The molecule has 1 aromatic carbocycles. The third-order valence-corrected chi connectivity index (χ3v) is 3.73. The molecule has 2 N–H and O–H groups in total. The van der Waals surface area contributed by atoms with Gasteiger partial charge in [-0.05, 0) is 29.5 Å². The fraction of sp³-hybridized carbons (Fsp3) is 0.647. The number of aliphatic hydroxyl groups excluding tert-OH is 1. The van der Waals surface area contributed by atoms with Crippen molar-refractivity contribution in [2.24, 2.45) is 5.41 Å². The van der Waals surface area contributed by atoms with Gasteiger partial charge in [-0.3, -0.25) is 0 Å². The van der Waals surface area contributed by atoms with Crippen LogP contribution in [-0.2, 0) is 0 Å². The van der Waals surface area contributed by atoms with Gasteiger partial charge in [-0.15, -0.1) is 0 Å². The predicted molar refractivity (Wildman–Crippen MR) is 82.1 cm³/mol. The summed E-state index contributed by atoms with van der Waals surface area (Å²) in [6, 6.07) is 3.51. The Bertz CT molecular complexity index is 435. The zero-order valence-electron chi connectivity index (χ0n) is 13.3. The van der Waals surface area contributed by atoms with E-state index in [0.717, 1.165) is 25.1 Å². The summed E-state index contributed by atoms with van der Waals surface area (Å²) in [6.45, 7) is 7.70. The highest BCUT2D eigenvalue weighted by molar-refractivity contribution is 5.20. The second-order valence-corrected chi connectivity index (χ2v) is 6.44. The summed E-state index contributed by atoms with van der Waals surface area (Å²) >= 11 is 0. The van der Waals surface area contributed by atoms with E-state index in [1.165, 1.54) is 25.3 Å². The SMILES string of the molecule is CCCCCC(C)(C)CNCC(O)c1ccc(F)c(F)c1. The van der Waals surface area contributed by atoms with Gasteiger partial charge in [0.15, 0.2) is 11.6 Å². The van der Waals surface area contributed by atoms with Crippen molar-refractivity contribution in [1.82, 2.24) is 5.32 Å². The number of benzene rings is 1. The quantitative estimate of drug-likeness (QED) is 0.670. The van der Waals surface area contributed by atoms with E-state index in [0.29, 0.717) is 12.1 Å². The van der Waals surface area contributed by atoms with E-state index in [9.17, 15) is 13.9 Å². The molecule has 1 aromatic rings. The molecule has 2 nitrogen and oxygen atoms in total. The van der Waals surface area contributed by atoms with Gasteiger partial charge in [0.25, 0.3) is 0 Å². The average molecular weight is 299 g/mol. The van der Waals surface area contributed by atoms with E-state index >= 15 is 0 Å². The average Bonchev–Trinajstić information content (AvgIpc) is 2.41.